The standard InChI is InChI=1S/C13H19NO3/c1-5-10-6-11(14-17-9(4)15)7-12(8(2)3)13(10)16/h6-8,14,16H,5H2,1-4H3. The van der Waals surface area contributed by atoms with Crippen molar-refractivity contribution >= 4 is 11.7 Å². The fourth-order valence-electron chi connectivity index (χ4n) is 1.62. The lowest BCUT2D eigenvalue weighted by atomic mass is 9.97. The van der Waals surface area contributed by atoms with Crippen molar-refractivity contribution in [3.63, 3.8) is 0 Å². The third kappa shape index (κ3) is 3.37. The van der Waals surface area contributed by atoms with Crippen LogP contribution in [0.3, 0.4) is 0 Å². The summed E-state index contributed by atoms with van der Waals surface area (Å²) >= 11 is 0. The van der Waals surface area contributed by atoms with Gasteiger partial charge in [0.2, 0.25) is 0 Å². The Morgan fingerprint density at radius 3 is 2.59 bits per heavy atom. The van der Waals surface area contributed by atoms with Crippen LogP contribution < -0.4 is 5.48 Å². The summed E-state index contributed by atoms with van der Waals surface area (Å²) in [6.45, 7) is 7.31. The topological polar surface area (TPSA) is 58.6 Å². The van der Waals surface area contributed by atoms with E-state index in [1.54, 1.807) is 12.1 Å². The van der Waals surface area contributed by atoms with Crippen LogP contribution >= 0.6 is 0 Å². The van der Waals surface area contributed by atoms with Crippen LogP contribution in [0.25, 0.3) is 0 Å². The van der Waals surface area contributed by atoms with E-state index >= 15 is 0 Å². The molecule has 0 saturated heterocycles. The molecule has 94 valence electrons. The first kappa shape index (κ1) is 13.4. The van der Waals surface area contributed by atoms with Crippen LogP contribution in [-0.2, 0) is 16.1 Å². The number of phenols is 1. The molecule has 1 rings (SSSR count). The number of hydrogen-bond donors (Lipinski definition) is 2. The molecule has 0 radical (unpaired) electrons. The van der Waals surface area contributed by atoms with Crippen molar-refractivity contribution in [1.29, 1.82) is 0 Å². The van der Waals surface area contributed by atoms with Gasteiger partial charge in [-0.05, 0) is 35.6 Å². The molecule has 0 aliphatic heterocycles. The number of phenolic OH excluding ortho intramolecular Hbond substituents is 1. The number of anilines is 1. The van der Waals surface area contributed by atoms with Gasteiger partial charge in [-0.1, -0.05) is 20.8 Å². The lowest BCUT2D eigenvalue weighted by Gasteiger charge is -2.15. The van der Waals surface area contributed by atoms with Gasteiger partial charge in [0.05, 0.1) is 5.69 Å². The third-order valence-corrected chi connectivity index (χ3v) is 2.53. The van der Waals surface area contributed by atoms with E-state index in [9.17, 15) is 9.90 Å². The molecule has 0 aromatic heterocycles. The van der Waals surface area contributed by atoms with E-state index in [1.807, 2.05) is 20.8 Å². The zero-order valence-electron chi connectivity index (χ0n) is 10.7. The van der Waals surface area contributed by atoms with Gasteiger partial charge in [0.15, 0.2) is 0 Å². The van der Waals surface area contributed by atoms with Gasteiger partial charge >= 0.3 is 5.97 Å². The number of aryl methyl sites for hydroxylation is 1. The van der Waals surface area contributed by atoms with Gasteiger partial charge in [0.25, 0.3) is 0 Å². The maximum absolute atomic E-state index is 10.7. The summed E-state index contributed by atoms with van der Waals surface area (Å²) in [5.41, 5.74) is 4.94. The van der Waals surface area contributed by atoms with Gasteiger partial charge in [0.1, 0.15) is 5.75 Å². The summed E-state index contributed by atoms with van der Waals surface area (Å²) in [5.74, 6) is 0.137. The van der Waals surface area contributed by atoms with E-state index < -0.39 is 5.97 Å². The molecule has 0 atom stereocenters. The lowest BCUT2D eigenvalue weighted by molar-refractivity contribution is -0.138. The molecule has 0 aliphatic rings. The van der Waals surface area contributed by atoms with Crippen molar-refractivity contribution in [3.8, 4) is 5.75 Å². The average Bonchev–Trinajstić information content (AvgIpc) is 2.27. The van der Waals surface area contributed by atoms with Crippen LogP contribution in [0.2, 0.25) is 0 Å². The SMILES string of the molecule is CCc1cc(NOC(C)=O)cc(C(C)C)c1O. The highest BCUT2D eigenvalue weighted by molar-refractivity contribution is 5.67. The third-order valence-electron chi connectivity index (χ3n) is 2.53. The number of carbonyl (C=O) groups excluding carboxylic acids is 1. The molecule has 0 aliphatic carbocycles. The van der Waals surface area contributed by atoms with Gasteiger partial charge in [-0.25, -0.2) is 5.48 Å². The molecule has 0 fully saturated rings. The smallest absolute Gasteiger partial charge is 0.329 e. The van der Waals surface area contributed by atoms with Crippen molar-refractivity contribution in [2.75, 3.05) is 5.48 Å². The second kappa shape index (κ2) is 5.57. The molecule has 4 heteroatoms. The highest BCUT2D eigenvalue weighted by Crippen LogP contribution is 2.32. The van der Waals surface area contributed by atoms with E-state index in [2.05, 4.69) is 5.48 Å². The molecular weight excluding hydrogens is 218 g/mol. The number of carbonyl (C=O) groups is 1. The molecule has 4 nitrogen and oxygen atoms in total. The molecule has 0 spiro atoms. The lowest BCUT2D eigenvalue weighted by Crippen LogP contribution is -2.07. The zero-order valence-corrected chi connectivity index (χ0v) is 10.7. The Morgan fingerprint density at radius 1 is 1.47 bits per heavy atom. The van der Waals surface area contributed by atoms with Gasteiger partial charge in [-0.2, -0.15) is 0 Å². The largest absolute Gasteiger partial charge is 0.507 e. The summed E-state index contributed by atoms with van der Waals surface area (Å²) in [6.07, 6.45) is 0.723. The van der Waals surface area contributed by atoms with Crippen LogP contribution in [0.4, 0.5) is 5.69 Å². The average molecular weight is 237 g/mol. The quantitative estimate of drug-likeness (QED) is 0.624. The number of aromatic hydroxyl groups is 1. The summed E-state index contributed by atoms with van der Waals surface area (Å²) in [5, 5.41) is 10.0. The second-order valence-electron chi connectivity index (χ2n) is 4.28. The number of nitrogens with one attached hydrogen (secondary N) is 1. The molecule has 1 aromatic carbocycles. The molecular formula is C13H19NO3. The number of rotatable bonds is 4. The fraction of sp³-hybridized carbons (Fsp3) is 0.462. The Labute approximate surface area is 102 Å². The monoisotopic (exact) mass is 237 g/mol. The van der Waals surface area contributed by atoms with E-state index in [-0.39, 0.29) is 5.92 Å². The van der Waals surface area contributed by atoms with Crippen LogP contribution in [0.5, 0.6) is 5.75 Å². The molecule has 17 heavy (non-hydrogen) atoms. The maximum atomic E-state index is 10.7. The van der Waals surface area contributed by atoms with Gasteiger partial charge < -0.3 is 9.94 Å². The molecule has 2 N–H and O–H groups in total. The Hall–Kier alpha value is -1.71. The van der Waals surface area contributed by atoms with Crippen molar-refractivity contribution in [2.24, 2.45) is 0 Å². The minimum Gasteiger partial charge on any atom is -0.507 e. The van der Waals surface area contributed by atoms with Crippen LogP contribution in [0.1, 0.15) is 44.7 Å². The first-order valence-corrected chi connectivity index (χ1v) is 5.74. The number of hydrogen-bond acceptors (Lipinski definition) is 4. The van der Waals surface area contributed by atoms with Crippen molar-refractivity contribution in [1.82, 2.24) is 0 Å². The predicted octanol–water partition coefficient (Wildman–Crippen LogP) is 2.97. The summed E-state index contributed by atoms with van der Waals surface area (Å²) in [7, 11) is 0. The van der Waals surface area contributed by atoms with Crippen LogP contribution in [0.15, 0.2) is 12.1 Å². The van der Waals surface area contributed by atoms with Gasteiger partial charge in [0, 0.05) is 6.92 Å². The highest BCUT2D eigenvalue weighted by Gasteiger charge is 2.12. The number of benzene rings is 1. The van der Waals surface area contributed by atoms with Crippen molar-refractivity contribution in [2.45, 2.75) is 40.0 Å². The Morgan fingerprint density at radius 2 is 2.12 bits per heavy atom. The molecule has 0 saturated carbocycles. The Balaban J connectivity index is 3.06. The van der Waals surface area contributed by atoms with Gasteiger partial charge in [-0.3, -0.25) is 4.79 Å². The summed E-state index contributed by atoms with van der Waals surface area (Å²) in [6, 6.07) is 3.58. The predicted molar refractivity (Wildman–Crippen MR) is 67.0 cm³/mol. The van der Waals surface area contributed by atoms with E-state index in [4.69, 9.17) is 4.84 Å². The molecule has 0 heterocycles. The van der Waals surface area contributed by atoms with E-state index in [1.165, 1.54) is 6.92 Å². The Kier molecular flexibility index (Phi) is 4.37. The minimum atomic E-state index is -0.401. The van der Waals surface area contributed by atoms with Crippen LogP contribution in [-0.4, -0.2) is 11.1 Å². The fourth-order valence-corrected chi connectivity index (χ4v) is 1.62. The first-order valence-electron chi connectivity index (χ1n) is 5.74. The van der Waals surface area contributed by atoms with Crippen molar-refractivity contribution in [3.05, 3.63) is 23.3 Å². The summed E-state index contributed by atoms with van der Waals surface area (Å²) < 4.78 is 0. The maximum Gasteiger partial charge on any atom is 0.329 e. The molecule has 0 unspecified atom stereocenters. The molecule has 0 amide bonds. The van der Waals surface area contributed by atoms with Gasteiger partial charge in [-0.15, -0.1) is 0 Å². The second-order valence-corrected chi connectivity index (χ2v) is 4.28. The van der Waals surface area contributed by atoms with Crippen molar-refractivity contribution < 1.29 is 14.7 Å². The van der Waals surface area contributed by atoms with Crippen LogP contribution in [0, 0.1) is 0 Å². The summed E-state index contributed by atoms with van der Waals surface area (Å²) in [4.78, 5) is 15.5. The molecule has 1 aromatic rings. The first-order chi connectivity index (χ1) is 7.95. The zero-order chi connectivity index (χ0) is 13.0. The normalized spacial score (nSPS) is 10.4. The van der Waals surface area contributed by atoms with E-state index in [0.29, 0.717) is 11.4 Å². The molecule has 0 bridgehead atoms. The highest BCUT2D eigenvalue weighted by atomic mass is 16.7. The minimum absolute atomic E-state index is 0.208. The Bertz CT molecular complexity index is 413. The van der Waals surface area contributed by atoms with E-state index in [0.717, 1.165) is 17.5 Å².